The van der Waals surface area contributed by atoms with Crippen LogP contribution in [0.25, 0.3) is 10.4 Å². The number of amides is 2. The van der Waals surface area contributed by atoms with Crippen LogP contribution in [0.15, 0.2) is 54.0 Å². The van der Waals surface area contributed by atoms with Gasteiger partial charge < -0.3 is 20.6 Å². The fourth-order valence-corrected chi connectivity index (χ4v) is 4.88. The van der Waals surface area contributed by atoms with Gasteiger partial charge >= 0.3 is 0 Å². The Balaban J connectivity index is 1.36. The Morgan fingerprint density at radius 2 is 1.91 bits per heavy atom. The minimum absolute atomic E-state index is 0.0925. The highest BCUT2D eigenvalue weighted by Gasteiger charge is 2.40. The standard InChI is InChI=1S/C25H27FN4O3S/c1-15-23(34-14-28-15)18-5-3-17(4-6-18)12-27-24(32)22-11-21(31)13-30(22)25(33)16(2)29-20-9-7-19(26)8-10-20/h3-10,14,16,21-22,29,31H,11-13H2,1-2H3,(H,27,32)/t16?,21-,22+/m1/s1. The summed E-state index contributed by atoms with van der Waals surface area (Å²) in [4.78, 5) is 32.7. The van der Waals surface area contributed by atoms with Gasteiger partial charge in [-0.2, -0.15) is 0 Å². The number of anilines is 1. The molecule has 0 bridgehead atoms. The van der Waals surface area contributed by atoms with Gasteiger partial charge in [0.15, 0.2) is 0 Å². The third-order valence-corrected chi connectivity index (χ3v) is 6.87. The van der Waals surface area contributed by atoms with Crippen molar-refractivity contribution in [3.8, 4) is 10.4 Å². The molecule has 3 N–H and O–H groups in total. The number of carbonyl (C=O) groups is 2. The lowest BCUT2D eigenvalue weighted by Gasteiger charge is -2.27. The van der Waals surface area contributed by atoms with Gasteiger partial charge in [0.1, 0.15) is 17.9 Å². The summed E-state index contributed by atoms with van der Waals surface area (Å²) in [6.07, 6.45) is -0.579. The summed E-state index contributed by atoms with van der Waals surface area (Å²) in [5.74, 6) is -0.969. The van der Waals surface area contributed by atoms with Gasteiger partial charge in [0.25, 0.3) is 0 Å². The van der Waals surface area contributed by atoms with Crippen LogP contribution in [0.4, 0.5) is 10.1 Å². The Bertz CT molecular complexity index is 1150. The Labute approximate surface area is 201 Å². The molecular formula is C25H27FN4O3S. The number of carbonyl (C=O) groups excluding carboxylic acids is 2. The summed E-state index contributed by atoms with van der Waals surface area (Å²) < 4.78 is 13.1. The zero-order valence-corrected chi connectivity index (χ0v) is 19.8. The van der Waals surface area contributed by atoms with Crippen molar-refractivity contribution in [3.05, 3.63) is 71.1 Å². The zero-order chi connectivity index (χ0) is 24.2. The molecule has 0 aliphatic carbocycles. The highest BCUT2D eigenvalue weighted by molar-refractivity contribution is 7.13. The van der Waals surface area contributed by atoms with Crippen molar-refractivity contribution in [2.45, 2.75) is 45.0 Å². The van der Waals surface area contributed by atoms with Gasteiger partial charge in [0.05, 0.1) is 22.2 Å². The lowest BCUT2D eigenvalue weighted by atomic mass is 10.1. The maximum atomic E-state index is 13.1. The van der Waals surface area contributed by atoms with Crippen LogP contribution in [0.3, 0.4) is 0 Å². The second-order valence-corrected chi connectivity index (χ2v) is 9.31. The summed E-state index contributed by atoms with van der Waals surface area (Å²) in [6.45, 7) is 4.06. The fourth-order valence-electron chi connectivity index (χ4n) is 4.07. The molecule has 1 fully saturated rings. The van der Waals surface area contributed by atoms with Gasteiger partial charge in [0.2, 0.25) is 11.8 Å². The molecule has 0 spiro atoms. The number of aliphatic hydroxyl groups is 1. The average Bonchev–Trinajstić information content (AvgIpc) is 3.44. The molecule has 0 saturated carbocycles. The number of nitrogens with zero attached hydrogens (tertiary/aromatic N) is 2. The molecule has 2 heterocycles. The van der Waals surface area contributed by atoms with E-state index in [1.807, 2.05) is 36.7 Å². The topological polar surface area (TPSA) is 94.6 Å². The van der Waals surface area contributed by atoms with E-state index >= 15 is 0 Å². The monoisotopic (exact) mass is 482 g/mol. The number of aryl methyl sites for hydroxylation is 1. The molecule has 3 atom stereocenters. The zero-order valence-electron chi connectivity index (χ0n) is 19.0. The molecule has 7 nitrogen and oxygen atoms in total. The van der Waals surface area contributed by atoms with Crippen molar-refractivity contribution >= 4 is 28.8 Å². The third kappa shape index (κ3) is 5.43. The number of benzene rings is 2. The van der Waals surface area contributed by atoms with Crippen LogP contribution in [-0.2, 0) is 16.1 Å². The molecule has 34 heavy (non-hydrogen) atoms. The summed E-state index contributed by atoms with van der Waals surface area (Å²) >= 11 is 1.59. The van der Waals surface area contributed by atoms with Crippen molar-refractivity contribution in [1.29, 1.82) is 0 Å². The second kappa shape index (κ2) is 10.3. The van der Waals surface area contributed by atoms with Crippen LogP contribution in [0.1, 0.15) is 24.6 Å². The first kappa shape index (κ1) is 23.8. The van der Waals surface area contributed by atoms with E-state index in [0.717, 1.165) is 21.7 Å². The van der Waals surface area contributed by atoms with Crippen molar-refractivity contribution in [1.82, 2.24) is 15.2 Å². The molecule has 2 aromatic carbocycles. The van der Waals surface area contributed by atoms with Gasteiger partial charge in [-0.3, -0.25) is 9.59 Å². The Kier molecular flexibility index (Phi) is 7.23. The molecule has 178 valence electrons. The lowest BCUT2D eigenvalue weighted by molar-refractivity contribution is -0.138. The van der Waals surface area contributed by atoms with Crippen molar-refractivity contribution < 1.29 is 19.1 Å². The van der Waals surface area contributed by atoms with Crippen LogP contribution in [-0.4, -0.2) is 51.5 Å². The number of halogens is 1. The Morgan fingerprint density at radius 1 is 1.21 bits per heavy atom. The first-order chi connectivity index (χ1) is 16.3. The largest absolute Gasteiger partial charge is 0.391 e. The van der Waals surface area contributed by atoms with E-state index < -0.39 is 18.2 Å². The molecule has 4 rings (SSSR count). The number of aromatic nitrogens is 1. The molecular weight excluding hydrogens is 455 g/mol. The smallest absolute Gasteiger partial charge is 0.245 e. The van der Waals surface area contributed by atoms with E-state index in [0.29, 0.717) is 12.2 Å². The van der Waals surface area contributed by atoms with Crippen LogP contribution < -0.4 is 10.6 Å². The lowest BCUT2D eigenvalue weighted by Crippen LogP contribution is -2.50. The number of nitrogens with one attached hydrogen (secondary N) is 2. The van der Waals surface area contributed by atoms with Crippen LogP contribution in [0, 0.1) is 12.7 Å². The van der Waals surface area contributed by atoms with Crippen molar-refractivity contribution in [2.75, 3.05) is 11.9 Å². The van der Waals surface area contributed by atoms with Gasteiger partial charge in [-0.25, -0.2) is 9.37 Å². The number of rotatable bonds is 7. The fraction of sp³-hybridized carbons (Fsp3) is 0.320. The maximum Gasteiger partial charge on any atom is 0.245 e. The predicted octanol–water partition coefficient (Wildman–Crippen LogP) is 3.34. The summed E-state index contributed by atoms with van der Waals surface area (Å²) in [6, 6.07) is 12.2. The first-order valence-corrected chi connectivity index (χ1v) is 12.0. The molecule has 0 radical (unpaired) electrons. The van der Waals surface area contributed by atoms with Gasteiger partial charge in [-0.05, 0) is 49.2 Å². The number of likely N-dealkylation sites (tertiary alicyclic amines) is 1. The Morgan fingerprint density at radius 3 is 2.56 bits per heavy atom. The third-order valence-electron chi connectivity index (χ3n) is 5.89. The number of β-amino-alcohol motifs (C(OH)–C–C–N with tert-alkyl or cyclic N) is 1. The SMILES string of the molecule is Cc1ncsc1-c1ccc(CNC(=O)[C@@H]2C[C@@H](O)CN2C(=O)C(C)Nc2ccc(F)cc2)cc1. The molecule has 9 heteroatoms. The summed E-state index contributed by atoms with van der Waals surface area (Å²) in [5.41, 5.74) is 5.41. The number of hydrogen-bond acceptors (Lipinski definition) is 6. The highest BCUT2D eigenvalue weighted by Crippen LogP contribution is 2.27. The summed E-state index contributed by atoms with van der Waals surface area (Å²) in [7, 11) is 0. The van der Waals surface area contributed by atoms with E-state index in [4.69, 9.17) is 0 Å². The number of aliphatic hydroxyl groups excluding tert-OH is 1. The van der Waals surface area contributed by atoms with E-state index in [2.05, 4.69) is 15.6 Å². The molecule has 1 aliphatic rings. The van der Waals surface area contributed by atoms with Gasteiger partial charge in [0, 0.05) is 25.2 Å². The van der Waals surface area contributed by atoms with Crippen molar-refractivity contribution in [2.24, 2.45) is 0 Å². The normalized spacial score (nSPS) is 18.5. The number of hydrogen-bond donors (Lipinski definition) is 3. The molecule has 1 aromatic heterocycles. The van der Waals surface area contributed by atoms with Gasteiger partial charge in [-0.1, -0.05) is 24.3 Å². The first-order valence-electron chi connectivity index (χ1n) is 11.1. The van der Waals surface area contributed by atoms with E-state index in [1.54, 1.807) is 30.4 Å². The summed E-state index contributed by atoms with van der Waals surface area (Å²) in [5, 5.41) is 16.1. The minimum Gasteiger partial charge on any atom is -0.391 e. The molecule has 3 aromatic rings. The quantitative estimate of drug-likeness (QED) is 0.480. The Hall–Kier alpha value is -3.30. The predicted molar refractivity (Wildman–Crippen MR) is 130 cm³/mol. The number of thiazole rings is 1. The van der Waals surface area contributed by atoms with E-state index in [9.17, 15) is 19.1 Å². The van der Waals surface area contributed by atoms with Gasteiger partial charge in [-0.15, -0.1) is 11.3 Å². The molecule has 1 aliphatic heterocycles. The van der Waals surface area contributed by atoms with E-state index in [1.165, 1.54) is 17.0 Å². The van der Waals surface area contributed by atoms with Crippen LogP contribution in [0.2, 0.25) is 0 Å². The van der Waals surface area contributed by atoms with Crippen LogP contribution in [0.5, 0.6) is 0 Å². The van der Waals surface area contributed by atoms with Crippen LogP contribution >= 0.6 is 11.3 Å². The average molecular weight is 483 g/mol. The molecule has 1 unspecified atom stereocenters. The second-order valence-electron chi connectivity index (χ2n) is 8.45. The maximum absolute atomic E-state index is 13.1. The van der Waals surface area contributed by atoms with E-state index in [-0.39, 0.29) is 30.6 Å². The van der Waals surface area contributed by atoms with Crippen molar-refractivity contribution in [3.63, 3.8) is 0 Å². The highest BCUT2D eigenvalue weighted by atomic mass is 32.1. The molecule has 1 saturated heterocycles. The minimum atomic E-state index is -0.764. The molecule has 2 amide bonds.